The summed E-state index contributed by atoms with van der Waals surface area (Å²) in [5.41, 5.74) is 3.26. The number of ether oxygens (including phenoxy) is 5. The molecule has 212 valence electrons. The Hall–Kier alpha value is -3.85. The number of carbonyl (C=O) groups is 1. The highest BCUT2D eigenvalue weighted by Crippen LogP contribution is 2.30. The van der Waals surface area contributed by atoms with Gasteiger partial charge in [-0.2, -0.15) is 0 Å². The molecule has 1 N–H and O–H groups in total. The SMILES string of the molecule is O=C(O[C@@H]1[C@@H](OCc2ccccc2)[C@H](OCc2ccccc2)[C@@H](COCc2ccccc2)O[C@@H]1O)c1ccccc1. The molecule has 1 saturated heterocycles. The normalized spacial score (nSPS) is 22.2. The molecule has 1 fully saturated rings. The van der Waals surface area contributed by atoms with E-state index >= 15 is 0 Å². The van der Waals surface area contributed by atoms with Crippen LogP contribution >= 0.6 is 0 Å². The first kappa shape index (κ1) is 28.7. The van der Waals surface area contributed by atoms with Gasteiger partial charge in [0.2, 0.25) is 0 Å². The summed E-state index contributed by atoms with van der Waals surface area (Å²) in [4.78, 5) is 13.1. The summed E-state index contributed by atoms with van der Waals surface area (Å²) in [5.74, 6) is -0.591. The Labute approximate surface area is 240 Å². The summed E-state index contributed by atoms with van der Waals surface area (Å²) in [6, 6.07) is 37.8. The molecular weight excluding hydrogens is 520 g/mol. The van der Waals surface area contributed by atoms with Crippen molar-refractivity contribution in [2.24, 2.45) is 0 Å². The lowest BCUT2D eigenvalue weighted by Crippen LogP contribution is -2.61. The van der Waals surface area contributed by atoms with Gasteiger partial charge in [0.1, 0.15) is 18.3 Å². The predicted molar refractivity (Wildman–Crippen MR) is 153 cm³/mol. The van der Waals surface area contributed by atoms with Crippen LogP contribution in [0.25, 0.3) is 0 Å². The van der Waals surface area contributed by atoms with Gasteiger partial charge >= 0.3 is 5.97 Å². The van der Waals surface area contributed by atoms with Crippen molar-refractivity contribution >= 4 is 5.97 Å². The van der Waals surface area contributed by atoms with E-state index in [2.05, 4.69) is 0 Å². The summed E-state index contributed by atoms with van der Waals surface area (Å²) in [7, 11) is 0. The lowest BCUT2D eigenvalue weighted by atomic mass is 9.98. The molecule has 1 aliphatic rings. The van der Waals surface area contributed by atoms with Crippen LogP contribution in [0.5, 0.6) is 0 Å². The Kier molecular flexibility index (Phi) is 10.3. The Morgan fingerprint density at radius 2 is 1.07 bits per heavy atom. The fourth-order valence-corrected chi connectivity index (χ4v) is 4.71. The van der Waals surface area contributed by atoms with Crippen LogP contribution in [0.15, 0.2) is 121 Å². The van der Waals surface area contributed by atoms with Crippen molar-refractivity contribution in [3.05, 3.63) is 144 Å². The van der Waals surface area contributed by atoms with Crippen LogP contribution in [0.3, 0.4) is 0 Å². The third-order valence-electron chi connectivity index (χ3n) is 6.83. The van der Waals surface area contributed by atoms with Gasteiger partial charge in [-0.1, -0.05) is 109 Å². The molecule has 7 nitrogen and oxygen atoms in total. The van der Waals surface area contributed by atoms with Crippen molar-refractivity contribution in [2.45, 2.75) is 50.5 Å². The minimum absolute atomic E-state index is 0.135. The van der Waals surface area contributed by atoms with Gasteiger partial charge in [0.15, 0.2) is 12.4 Å². The monoisotopic (exact) mass is 554 g/mol. The third kappa shape index (κ3) is 8.10. The van der Waals surface area contributed by atoms with E-state index in [1.165, 1.54) is 0 Å². The van der Waals surface area contributed by atoms with Crippen molar-refractivity contribution in [3.63, 3.8) is 0 Å². The zero-order valence-electron chi connectivity index (χ0n) is 22.7. The lowest BCUT2D eigenvalue weighted by molar-refractivity contribution is -0.306. The molecule has 1 aliphatic heterocycles. The average molecular weight is 555 g/mol. The first-order valence-corrected chi connectivity index (χ1v) is 13.7. The van der Waals surface area contributed by atoms with Crippen LogP contribution in [0, 0.1) is 0 Å². The maximum Gasteiger partial charge on any atom is 0.338 e. The number of hydrogen-bond donors (Lipinski definition) is 1. The Balaban J connectivity index is 1.39. The standard InChI is InChI=1S/C34H34O7/c35-33(28-19-11-4-12-20-28)41-32-31(39-23-27-17-9-3-10-18-27)30(38-22-26-15-7-2-8-16-26)29(40-34(32)36)24-37-21-25-13-5-1-6-14-25/h1-20,29-32,34,36H,21-24H2/t29-,30-,31+,32-,34+/m1/s1. The zero-order valence-corrected chi connectivity index (χ0v) is 22.7. The second-order valence-corrected chi connectivity index (χ2v) is 9.82. The first-order chi connectivity index (χ1) is 20.2. The topological polar surface area (TPSA) is 83.5 Å². The van der Waals surface area contributed by atoms with E-state index in [1.807, 2.05) is 97.1 Å². The molecule has 0 aliphatic carbocycles. The predicted octanol–water partition coefficient (Wildman–Crippen LogP) is 5.32. The van der Waals surface area contributed by atoms with Crippen molar-refractivity contribution in [1.29, 1.82) is 0 Å². The number of hydrogen-bond acceptors (Lipinski definition) is 7. The highest BCUT2D eigenvalue weighted by Gasteiger charge is 2.49. The molecule has 4 aromatic rings. The van der Waals surface area contributed by atoms with E-state index in [4.69, 9.17) is 23.7 Å². The van der Waals surface area contributed by atoms with Crippen LogP contribution in [0.1, 0.15) is 27.0 Å². The van der Waals surface area contributed by atoms with Crippen molar-refractivity contribution in [1.82, 2.24) is 0 Å². The Bertz CT molecular complexity index is 1320. The maximum absolute atomic E-state index is 13.1. The second-order valence-electron chi connectivity index (χ2n) is 9.82. The molecule has 0 unspecified atom stereocenters. The first-order valence-electron chi connectivity index (χ1n) is 13.7. The van der Waals surface area contributed by atoms with Gasteiger partial charge in [0.05, 0.1) is 32.0 Å². The number of carbonyl (C=O) groups excluding carboxylic acids is 1. The number of aliphatic hydroxyl groups excluding tert-OH is 1. The van der Waals surface area contributed by atoms with E-state index in [0.717, 1.165) is 16.7 Å². The summed E-state index contributed by atoms with van der Waals surface area (Å²) in [6.45, 7) is 0.991. The van der Waals surface area contributed by atoms with Gasteiger partial charge < -0.3 is 28.8 Å². The molecule has 0 amide bonds. The summed E-state index contributed by atoms with van der Waals surface area (Å²) in [6.07, 6.45) is -4.85. The van der Waals surface area contributed by atoms with Gasteiger partial charge in [-0.15, -0.1) is 0 Å². The Morgan fingerprint density at radius 3 is 1.61 bits per heavy atom. The van der Waals surface area contributed by atoms with E-state index < -0.39 is 36.7 Å². The van der Waals surface area contributed by atoms with Crippen LogP contribution in [-0.4, -0.2) is 48.4 Å². The molecule has 5 atom stereocenters. The molecule has 0 saturated carbocycles. The van der Waals surface area contributed by atoms with Crippen LogP contribution in [0.4, 0.5) is 0 Å². The van der Waals surface area contributed by atoms with Crippen LogP contribution < -0.4 is 0 Å². The largest absolute Gasteiger partial charge is 0.450 e. The molecule has 4 aromatic carbocycles. The van der Waals surface area contributed by atoms with Crippen molar-refractivity contribution < 1.29 is 33.6 Å². The van der Waals surface area contributed by atoms with E-state index in [-0.39, 0.29) is 19.8 Å². The quantitative estimate of drug-likeness (QED) is 0.238. The Morgan fingerprint density at radius 1 is 0.610 bits per heavy atom. The van der Waals surface area contributed by atoms with E-state index in [0.29, 0.717) is 12.2 Å². The minimum atomic E-state index is -1.45. The number of esters is 1. The summed E-state index contributed by atoms with van der Waals surface area (Å²) < 4.78 is 30.7. The molecule has 5 rings (SSSR count). The maximum atomic E-state index is 13.1. The van der Waals surface area contributed by atoms with Crippen molar-refractivity contribution in [2.75, 3.05) is 6.61 Å². The molecule has 0 radical (unpaired) electrons. The van der Waals surface area contributed by atoms with Gasteiger partial charge in [-0.05, 0) is 28.8 Å². The number of rotatable bonds is 12. The fraction of sp³-hybridized carbons (Fsp3) is 0.265. The van der Waals surface area contributed by atoms with E-state index in [9.17, 15) is 9.90 Å². The summed E-state index contributed by atoms with van der Waals surface area (Å²) in [5, 5.41) is 11.1. The highest BCUT2D eigenvalue weighted by molar-refractivity contribution is 5.89. The zero-order chi connectivity index (χ0) is 28.3. The molecule has 7 heteroatoms. The molecule has 1 heterocycles. The van der Waals surface area contributed by atoms with E-state index in [1.54, 1.807) is 24.3 Å². The molecule has 0 aromatic heterocycles. The van der Waals surface area contributed by atoms with Crippen molar-refractivity contribution in [3.8, 4) is 0 Å². The smallest absolute Gasteiger partial charge is 0.338 e. The minimum Gasteiger partial charge on any atom is -0.450 e. The second kappa shape index (κ2) is 14.7. The average Bonchev–Trinajstić information content (AvgIpc) is 3.02. The lowest BCUT2D eigenvalue weighted by Gasteiger charge is -2.44. The number of aliphatic hydroxyl groups is 1. The fourth-order valence-electron chi connectivity index (χ4n) is 4.71. The van der Waals surface area contributed by atoms with Gasteiger partial charge in [-0.3, -0.25) is 0 Å². The van der Waals surface area contributed by atoms with Crippen LogP contribution in [0.2, 0.25) is 0 Å². The third-order valence-corrected chi connectivity index (χ3v) is 6.83. The summed E-state index contributed by atoms with van der Waals surface area (Å²) >= 11 is 0. The van der Waals surface area contributed by atoms with Gasteiger partial charge in [-0.25, -0.2) is 4.79 Å². The molecule has 41 heavy (non-hydrogen) atoms. The molecule has 0 bridgehead atoms. The van der Waals surface area contributed by atoms with Gasteiger partial charge in [0, 0.05) is 0 Å². The highest BCUT2D eigenvalue weighted by atomic mass is 16.7. The molecule has 0 spiro atoms. The van der Waals surface area contributed by atoms with Gasteiger partial charge in [0.25, 0.3) is 0 Å². The van der Waals surface area contributed by atoms with Crippen LogP contribution in [-0.2, 0) is 43.5 Å². The molecular formula is C34H34O7. The number of benzene rings is 4.